The average Bonchev–Trinajstić information content (AvgIpc) is 3.25. The highest BCUT2D eigenvalue weighted by atomic mass is 35.5. The van der Waals surface area contributed by atoms with Gasteiger partial charge in [0.15, 0.2) is 0 Å². The Hall–Kier alpha value is -1.46. The highest BCUT2D eigenvalue weighted by Gasteiger charge is 2.20. The van der Waals surface area contributed by atoms with Crippen molar-refractivity contribution in [2.45, 2.75) is 25.8 Å². The molecular weight excluding hydrogens is 278 g/mol. The number of ether oxygens (including phenoxy) is 1. The molecule has 1 aliphatic rings. The third-order valence-electron chi connectivity index (χ3n) is 3.52. The van der Waals surface area contributed by atoms with Crippen LogP contribution in [0.3, 0.4) is 0 Å². The van der Waals surface area contributed by atoms with E-state index in [1.54, 1.807) is 10.6 Å². The van der Waals surface area contributed by atoms with Crippen molar-refractivity contribution >= 4 is 22.5 Å². The zero-order valence-electron chi connectivity index (χ0n) is 11.1. The van der Waals surface area contributed by atoms with Gasteiger partial charge in [0, 0.05) is 18.9 Å². The van der Waals surface area contributed by atoms with Crippen LogP contribution in [-0.2, 0) is 11.3 Å². The fourth-order valence-electron chi connectivity index (χ4n) is 2.11. The number of halogens is 1. The van der Waals surface area contributed by atoms with Gasteiger partial charge in [0.05, 0.1) is 30.4 Å². The van der Waals surface area contributed by atoms with E-state index in [4.69, 9.17) is 16.3 Å². The molecule has 0 N–H and O–H groups in total. The van der Waals surface area contributed by atoms with Crippen LogP contribution in [0.25, 0.3) is 10.9 Å². The standard InChI is InChI=1S/C14H16ClN3O2/c15-13-7-12-11(8-16-13)14(19)18(9-17-12)4-6-20-5-3-10-1-2-10/h7-10H,1-6H2. The monoisotopic (exact) mass is 293 g/mol. The van der Waals surface area contributed by atoms with Gasteiger partial charge in [-0.3, -0.25) is 9.36 Å². The van der Waals surface area contributed by atoms with Gasteiger partial charge < -0.3 is 4.74 Å². The summed E-state index contributed by atoms with van der Waals surface area (Å²) in [5.41, 5.74) is 0.464. The molecule has 1 saturated carbocycles. The summed E-state index contributed by atoms with van der Waals surface area (Å²) in [5.74, 6) is 0.871. The Morgan fingerprint density at radius 2 is 2.20 bits per heavy atom. The van der Waals surface area contributed by atoms with Gasteiger partial charge in [0.2, 0.25) is 0 Å². The lowest BCUT2D eigenvalue weighted by atomic mass is 10.3. The molecule has 0 aliphatic heterocycles. The van der Waals surface area contributed by atoms with Gasteiger partial charge in [-0.1, -0.05) is 24.4 Å². The Morgan fingerprint density at radius 1 is 1.35 bits per heavy atom. The molecule has 106 valence electrons. The lowest BCUT2D eigenvalue weighted by molar-refractivity contribution is 0.120. The fourth-order valence-corrected chi connectivity index (χ4v) is 2.26. The maximum absolute atomic E-state index is 12.2. The molecule has 1 fully saturated rings. The number of fused-ring (bicyclic) bond motifs is 1. The summed E-state index contributed by atoms with van der Waals surface area (Å²) in [6.07, 6.45) is 6.82. The predicted molar refractivity (Wildman–Crippen MR) is 77.0 cm³/mol. The van der Waals surface area contributed by atoms with E-state index in [1.807, 2.05) is 0 Å². The van der Waals surface area contributed by atoms with Crippen molar-refractivity contribution in [2.75, 3.05) is 13.2 Å². The van der Waals surface area contributed by atoms with E-state index in [0.717, 1.165) is 18.9 Å². The van der Waals surface area contributed by atoms with Gasteiger partial charge in [0.1, 0.15) is 5.15 Å². The number of pyridine rings is 1. The predicted octanol–water partition coefficient (Wildman–Crippen LogP) is 2.26. The molecule has 0 amide bonds. The summed E-state index contributed by atoms with van der Waals surface area (Å²) in [4.78, 5) is 20.4. The van der Waals surface area contributed by atoms with Crippen molar-refractivity contribution in [3.63, 3.8) is 0 Å². The molecule has 3 rings (SSSR count). The molecule has 0 atom stereocenters. The van der Waals surface area contributed by atoms with E-state index in [-0.39, 0.29) is 5.56 Å². The van der Waals surface area contributed by atoms with E-state index in [2.05, 4.69) is 9.97 Å². The SMILES string of the molecule is O=c1c2cnc(Cl)cc2ncn1CCOCCC1CC1. The first-order valence-corrected chi connectivity index (χ1v) is 7.20. The summed E-state index contributed by atoms with van der Waals surface area (Å²) in [6, 6.07) is 1.59. The quantitative estimate of drug-likeness (QED) is 0.605. The van der Waals surface area contributed by atoms with E-state index in [1.165, 1.54) is 25.4 Å². The summed E-state index contributed by atoms with van der Waals surface area (Å²) in [5, 5.41) is 0.820. The minimum Gasteiger partial charge on any atom is -0.380 e. The van der Waals surface area contributed by atoms with Crippen molar-refractivity contribution in [3.05, 3.63) is 34.1 Å². The smallest absolute Gasteiger partial charge is 0.262 e. The minimum absolute atomic E-state index is 0.107. The molecule has 2 aromatic heterocycles. The third-order valence-corrected chi connectivity index (χ3v) is 3.73. The largest absolute Gasteiger partial charge is 0.380 e. The van der Waals surface area contributed by atoms with Crippen LogP contribution in [0.2, 0.25) is 5.15 Å². The van der Waals surface area contributed by atoms with Crippen LogP contribution in [0.15, 0.2) is 23.4 Å². The number of hydrogen-bond acceptors (Lipinski definition) is 4. The van der Waals surface area contributed by atoms with Gasteiger partial charge in [-0.2, -0.15) is 0 Å². The van der Waals surface area contributed by atoms with Gasteiger partial charge in [0.25, 0.3) is 5.56 Å². The van der Waals surface area contributed by atoms with Crippen molar-refractivity contribution in [2.24, 2.45) is 5.92 Å². The second-order valence-corrected chi connectivity index (χ2v) is 5.50. The number of aromatic nitrogens is 3. The number of nitrogens with zero attached hydrogens (tertiary/aromatic N) is 3. The Bertz CT molecular complexity index is 667. The maximum Gasteiger partial charge on any atom is 0.262 e. The first-order valence-electron chi connectivity index (χ1n) is 6.82. The molecule has 0 saturated heterocycles. The topological polar surface area (TPSA) is 57.0 Å². The third kappa shape index (κ3) is 3.16. The highest BCUT2D eigenvalue weighted by molar-refractivity contribution is 6.29. The lowest BCUT2D eigenvalue weighted by Gasteiger charge is -2.07. The van der Waals surface area contributed by atoms with Crippen LogP contribution >= 0.6 is 11.6 Å². The lowest BCUT2D eigenvalue weighted by Crippen LogP contribution is -2.23. The molecule has 2 heterocycles. The molecule has 0 radical (unpaired) electrons. The van der Waals surface area contributed by atoms with Crippen molar-refractivity contribution < 1.29 is 4.74 Å². The number of rotatable bonds is 6. The van der Waals surface area contributed by atoms with Crippen molar-refractivity contribution in [1.82, 2.24) is 14.5 Å². The molecule has 0 bridgehead atoms. The second-order valence-electron chi connectivity index (χ2n) is 5.11. The molecule has 0 spiro atoms. The first kappa shape index (κ1) is 13.5. The Morgan fingerprint density at radius 3 is 3.00 bits per heavy atom. The van der Waals surface area contributed by atoms with Gasteiger partial charge in [-0.25, -0.2) is 9.97 Å². The van der Waals surface area contributed by atoms with Gasteiger partial charge in [-0.15, -0.1) is 0 Å². The van der Waals surface area contributed by atoms with Gasteiger partial charge in [-0.05, 0) is 12.3 Å². The normalized spacial score (nSPS) is 14.8. The van der Waals surface area contributed by atoms with E-state index < -0.39 is 0 Å². The Balaban J connectivity index is 1.63. The molecule has 0 aromatic carbocycles. The zero-order chi connectivity index (χ0) is 13.9. The summed E-state index contributed by atoms with van der Waals surface area (Å²) >= 11 is 5.78. The van der Waals surface area contributed by atoms with E-state index in [0.29, 0.717) is 29.2 Å². The Labute approximate surface area is 121 Å². The fraction of sp³-hybridized carbons (Fsp3) is 0.500. The molecular formula is C14H16ClN3O2. The minimum atomic E-state index is -0.107. The summed E-state index contributed by atoms with van der Waals surface area (Å²) < 4.78 is 7.10. The Kier molecular flexibility index (Phi) is 3.98. The van der Waals surface area contributed by atoms with Crippen LogP contribution in [0.1, 0.15) is 19.3 Å². The second kappa shape index (κ2) is 5.89. The van der Waals surface area contributed by atoms with Crippen LogP contribution < -0.4 is 5.56 Å². The van der Waals surface area contributed by atoms with Crippen LogP contribution in [-0.4, -0.2) is 27.7 Å². The molecule has 20 heavy (non-hydrogen) atoms. The van der Waals surface area contributed by atoms with E-state index in [9.17, 15) is 4.79 Å². The molecule has 1 aliphatic carbocycles. The summed E-state index contributed by atoms with van der Waals surface area (Å²) in [6.45, 7) is 1.81. The molecule has 5 nitrogen and oxygen atoms in total. The van der Waals surface area contributed by atoms with E-state index >= 15 is 0 Å². The average molecular weight is 294 g/mol. The van der Waals surface area contributed by atoms with Crippen LogP contribution in [0.5, 0.6) is 0 Å². The number of hydrogen-bond donors (Lipinski definition) is 0. The van der Waals surface area contributed by atoms with Crippen molar-refractivity contribution in [3.8, 4) is 0 Å². The molecule has 0 unspecified atom stereocenters. The molecule has 6 heteroatoms. The molecule has 2 aromatic rings. The summed E-state index contributed by atoms with van der Waals surface area (Å²) in [7, 11) is 0. The van der Waals surface area contributed by atoms with Gasteiger partial charge >= 0.3 is 0 Å². The zero-order valence-corrected chi connectivity index (χ0v) is 11.8. The van der Waals surface area contributed by atoms with Crippen LogP contribution in [0.4, 0.5) is 0 Å². The van der Waals surface area contributed by atoms with Crippen molar-refractivity contribution in [1.29, 1.82) is 0 Å². The first-order chi connectivity index (χ1) is 9.74. The van der Waals surface area contributed by atoms with Crippen LogP contribution in [0, 0.1) is 5.92 Å². The maximum atomic E-state index is 12.2. The highest BCUT2D eigenvalue weighted by Crippen LogP contribution is 2.32.